The first-order chi connectivity index (χ1) is 11.7. The average Bonchev–Trinajstić information content (AvgIpc) is 2.89. The lowest BCUT2D eigenvalue weighted by molar-refractivity contribution is -0.297. The van der Waals surface area contributed by atoms with E-state index in [-0.39, 0.29) is 5.41 Å². The van der Waals surface area contributed by atoms with E-state index in [1.807, 2.05) is 0 Å². The van der Waals surface area contributed by atoms with Crippen molar-refractivity contribution in [1.82, 2.24) is 0 Å². The lowest BCUT2D eigenvalue weighted by Crippen LogP contribution is -2.29. The zero-order chi connectivity index (χ0) is 18.8. The van der Waals surface area contributed by atoms with E-state index in [1.165, 1.54) is 11.3 Å². The van der Waals surface area contributed by atoms with Gasteiger partial charge in [0, 0.05) is 11.0 Å². The first-order valence-electron chi connectivity index (χ1n) is 8.30. The van der Waals surface area contributed by atoms with Gasteiger partial charge >= 0.3 is 0 Å². The van der Waals surface area contributed by atoms with Crippen molar-refractivity contribution in [3.05, 3.63) is 28.2 Å². The number of anilines is 1. The molecule has 0 radical (unpaired) electrons. The van der Waals surface area contributed by atoms with Crippen LogP contribution in [0, 0.1) is 11.3 Å². The van der Waals surface area contributed by atoms with Crippen LogP contribution in [0.4, 0.5) is 5.00 Å². The molecule has 2 rings (SSSR count). The van der Waals surface area contributed by atoms with Crippen LogP contribution in [0.3, 0.4) is 0 Å². The SMILES string of the molecule is CCC(C)(C)[C@@H]1CCc2c(sc(NC(=O)/C=C/C(=O)[O-])c2C(N)=O)C1. The molecule has 1 atom stereocenters. The number of hydrogen-bond acceptors (Lipinski definition) is 5. The van der Waals surface area contributed by atoms with Crippen LogP contribution < -0.4 is 16.2 Å². The predicted molar refractivity (Wildman–Crippen MR) is 95.2 cm³/mol. The molecule has 1 aliphatic rings. The molecular formula is C18H23N2O4S-. The number of thiophene rings is 1. The number of carboxylic acid groups (broad SMARTS) is 1. The van der Waals surface area contributed by atoms with Crippen molar-refractivity contribution in [2.45, 2.75) is 46.5 Å². The Morgan fingerprint density at radius 2 is 2.04 bits per heavy atom. The minimum atomic E-state index is -1.46. The maximum Gasteiger partial charge on any atom is 0.251 e. The number of primary amides is 1. The molecule has 0 aromatic carbocycles. The molecule has 0 saturated carbocycles. The van der Waals surface area contributed by atoms with Gasteiger partial charge in [0.25, 0.3) is 5.91 Å². The van der Waals surface area contributed by atoms with Crippen molar-refractivity contribution in [3.63, 3.8) is 0 Å². The van der Waals surface area contributed by atoms with Crippen molar-refractivity contribution in [3.8, 4) is 0 Å². The normalized spacial score (nSPS) is 17.3. The highest BCUT2D eigenvalue weighted by molar-refractivity contribution is 7.17. The largest absolute Gasteiger partial charge is 0.545 e. The molecule has 0 bridgehead atoms. The zero-order valence-corrected chi connectivity index (χ0v) is 15.5. The van der Waals surface area contributed by atoms with Crippen molar-refractivity contribution >= 4 is 34.1 Å². The molecule has 25 heavy (non-hydrogen) atoms. The molecule has 0 spiro atoms. The molecule has 0 saturated heterocycles. The average molecular weight is 363 g/mol. The fourth-order valence-corrected chi connectivity index (χ4v) is 4.52. The van der Waals surface area contributed by atoms with Gasteiger partial charge in [0.1, 0.15) is 5.00 Å². The topological polar surface area (TPSA) is 112 Å². The summed E-state index contributed by atoms with van der Waals surface area (Å²) in [5.74, 6) is -2.16. The predicted octanol–water partition coefficient (Wildman–Crippen LogP) is 1.63. The Morgan fingerprint density at radius 3 is 2.60 bits per heavy atom. The molecule has 1 aromatic rings. The van der Waals surface area contributed by atoms with E-state index >= 15 is 0 Å². The highest BCUT2D eigenvalue weighted by Gasteiger charge is 2.34. The fraction of sp³-hybridized carbons (Fsp3) is 0.500. The van der Waals surface area contributed by atoms with E-state index in [4.69, 9.17) is 5.73 Å². The third-order valence-electron chi connectivity index (χ3n) is 5.14. The Morgan fingerprint density at radius 1 is 1.36 bits per heavy atom. The van der Waals surface area contributed by atoms with Crippen LogP contribution in [0.5, 0.6) is 0 Å². The van der Waals surface area contributed by atoms with E-state index in [9.17, 15) is 19.5 Å². The third-order valence-corrected chi connectivity index (χ3v) is 6.31. The number of nitrogens with two attached hydrogens (primary N) is 1. The number of carboxylic acids is 1. The number of fused-ring (bicyclic) bond motifs is 1. The van der Waals surface area contributed by atoms with Crippen LogP contribution in [0.25, 0.3) is 0 Å². The first kappa shape index (κ1) is 19.2. The molecule has 2 amide bonds. The van der Waals surface area contributed by atoms with Gasteiger partial charge in [-0.3, -0.25) is 9.59 Å². The Labute approximate surface area is 151 Å². The maximum atomic E-state index is 11.9. The van der Waals surface area contributed by atoms with Crippen LogP contribution in [0.1, 0.15) is 54.4 Å². The van der Waals surface area contributed by atoms with Gasteiger partial charge < -0.3 is 21.0 Å². The second kappa shape index (κ2) is 7.39. The number of aliphatic carboxylic acids is 1. The molecule has 3 N–H and O–H groups in total. The summed E-state index contributed by atoms with van der Waals surface area (Å²) in [5, 5.41) is 13.4. The highest BCUT2D eigenvalue weighted by atomic mass is 32.1. The second-order valence-electron chi connectivity index (χ2n) is 7.00. The van der Waals surface area contributed by atoms with Crippen LogP contribution in [0.2, 0.25) is 0 Å². The molecule has 136 valence electrons. The van der Waals surface area contributed by atoms with Gasteiger partial charge in [0.05, 0.1) is 11.5 Å². The minimum Gasteiger partial charge on any atom is -0.545 e. The summed E-state index contributed by atoms with van der Waals surface area (Å²) in [6, 6.07) is 0. The van der Waals surface area contributed by atoms with Gasteiger partial charge in [0.15, 0.2) is 0 Å². The van der Waals surface area contributed by atoms with Crippen LogP contribution >= 0.6 is 11.3 Å². The Hall–Kier alpha value is -2.15. The first-order valence-corrected chi connectivity index (χ1v) is 9.11. The van der Waals surface area contributed by atoms with Crippen molar-refractivity contribution < 1.29 is 19.5 Å². The molecule has 7 heteroatoms. The van der Waals surface area contributed by atoms with Crippen molar-refractivity contribution in [2.75, 3.05) is 5.32 Å². The summed E-state index contributed by atoms with van der Waals surface area (Å²) >= 11 is 1.35. The molecule has 0 unspecified atom stereocenters. The summed E-state index contributed by atoms with van der Waals surface area (Å²) in [5.41, 5.74) is 6.99. The molecule has 0 fully saturated rings. The van der Waals surface area contributed by atoms with E-state index in [0.717, 1.165) is 42.2 Å². The van der Waals surface area contributed by atoms with Crippen molar-refractivity contribution in [1.29, 1.82) is 0 Å². The second-order valence-corrected chi connectivity index (χ2v) is 8.10. The summed E-state index contributed by atoms with van der Waals surface area (Å²) in [7, 11) is 0. The quantitative estimate of drug-likeness (QED) is 0.748. The number of carbonyl (C=O) groups excluding carboxylic acids is 3. The molecule has 6 nitrogen and oxygen atoms in total. The fourth-order valence-electron chi connectivity index (χ4n) is 3.19. The third kappa shape index (κ3) is 4.28. The summed E-state index contributed by atoms with van der Waals surface area (Å²) in [6.07, 6.45) is 5.16. The number of nitrogens with one attached hydrogen (secondary N) is 1. The zero-order valence-electron chi connectivity index (χ0n) is 14.7. The van der Waals surface area contributed by atoms with Crippen molar-refractivity contribution in [2.24, 2.45) is 17.1 Å². The molecule has 1 aromatic heterocycles. The summed E-state index contributed by atoms with van der Waals surface area (Å²) < 4.78 is 0. The van der Waals surface area contributed by atoms with E-state index in [0.29, 0.717) is 22.6 Å². The standard InChI is InChI=1S/C18H24N2O4S/c1-4-18(2,3)10-5-6-11-12(9-10)25-17(15(11)16(19)24)20-13(21)7-8-14(22)23/h7-8,10H,4-6,9H2,1-3H3,(H2,19,24)(H,20,21)(H,22,23)/p-1/b8-7+/t10-/m1/s1. The van der Waals surface area contributed by atoms with Crippen LogP contribution in [-0.2, 0) is 22.4 Å². The van der Waals surface area contributed by atoms with Crippen LogP contribution in [-0.4, -0.2) is 17.8 Å². The smallest absolute Gasteiger partial charge is 0.251 e. The monoisotopic (exact) mass is 363 g/mol. The summed E-state index contributed by atoms with van der Waals surface area (Å²) in [6.45, 7) is 6.67. The number of hydrogen-bond donors (Lipinski definition) is 2. The lowest BCUT2D eigenvalue weighted by atomic mass is 9.69. The molecule has 0 aliphatic heterocycles. The molecule has 1 heterocycles. The van der Waals surface area contributed by atoms with Gasteiger partial charge in [-0.25, -0.2) is 0 Å². The Balaban J connectivity index is 2.30. The van der Waals surface area contributed by atoms with E-state index in [2.05, 4.69) is 26.1 Å². The number of carbonyl (C=O) groups is 3. The molecule has 1 aliphatic carbocycles. The maximum absolute atomic E-state index is 11.9. The van der Waals surface area contributed by atoms with E-state index in [1.54, 1.807) is 0 Å². The molecular weight excluding hydrogens is 340 g/mol. The van der Waals surface area contributed by atoms with Crippen LogP contribution in [0.15, 0.2) is 12.2 Å². The van der Waals surface area contributed by atoms with Gasteiger partial charge in [-0.05, 0) is 42.2 Å². The van der Waals surface area contributed by atoms with Gasteiger partial charge in [-0.2, -0.15) is 0 Å². The van der Waals surface area contributed by atoms with Gasteiger partial charge in [-0.15, -0.1) is 11.3 Å². The van der Waals surface area contributed by atoms with Gasteiger partial charge in [-0.1, -0.05) is 27.2 Å². The Bertz CT molecular complexity index is 734. The van der Waals surface area contributed by atoms with E-state index < -0.39 is 17.8 Å². The minimum absolute atomic E-state index is 0.204. The number of amides is 2. The highest BCUT2D eigenvalue weighted by Crippen LogP contribution is 2.45. The van der Waals surface area contributed by atoms with Gasteiger partial charge in [0.2, 0.25) is 5.91 Å². The number of rotatable bonds is 6. The summed E-state index contributed by atoms with van der Waals surface area (Å²) in [4.78, 5) is 35.2. The lowest BCUT2D eigenvalue weighted by Gasteiger charge is -2.36. The Kier molecular flexibility index (Phi) is 5.67.